The highest BCUT2D eigenvalue weighted by Crippen LogP contribution is 2.10. The zero-order valence-corrected chi connectivity index (χ0v) is 10.5. The first-order valence-electron chi connectivity index (χ1n) is 5.90. The van der Waals surface area contributed by atoms with Crippen LogP contribution in [0.5, 0.6) is 0 Å². The Labute approximate surface area is 103 Å². The van der Waals surface area contributed by atoms with Crippen molar-refractivity contribution in [2.45, 2.75) is 19.4 Å². The lowest BCUT2D eigenvalue weighted by atomic mass is 10.2. The van der Waals surface area contributed by atoms with Crippen LogP contribution in [0.3, 0.4) is 0 Å². The van der Waals surface area contributed by atoms with Crippen LogP contribution in [0.15, 0.2) is 30.3 Å². The number of carbonyl (C=O) groups is 1. The zero-order chi connectivity index (χ0) is 12.7. The maximum atomic E-state index is 10.8. The first kappa shape index (κ1) is 13.5. The van der Waals surface area contributed by atoms with Crippen LogP contribution in [0.4, 0.5) is 5.69 Å². The number of anilines is 1. The van der Waals surface area contributed by atoms with Gasteiger partial charge in [0.2, 0.25) is 5.91 Å². The van der Waals surface area contributed by atoms with E-state index in [2.05, 4.69) is 29.4 Å². The second kappa shape index (κ2) is 6.91. The van der Waals surface area contributed by atoms with E-state index in [1.165, 1.54) is 5.69 Å². The largest absolute Gasteiger partial charge is 0.375 e. The van der Waals surface area contributed by atoms with Crippen molar-refractivity contribution in [3.05, 3.63) is 30.3 Å². The Morgan fingerprint density at radius 2 is 2.06 bits per heavy atom. The highest BCUT2D eigenvalue weighted by Gasteiger charge is 2.06. The lowest BCUT2D eigenvalue weighted by Crippen LogP contribution is -2.39. The van der Waals surface area contributed by atoms with Crippen molar-refractivity contribution in [2.24, 2.45) is 5.73 Å². The average Bonchev–Trinajstić information content (AvgIpc) is 2.35. The number of amides is 1. The fraction of sp³-hybridized carbons (Fsp3) is 0.462. The molecule has 0 fully saturated rings. The number of nitrogens with two attached hydrogens (primary N) is 1. The number of nitrogens with zero attached hydrogens (tertiary/aromatic N) is 1. The van der Waals surface area contributed by atoms with Gasteiger partial charge in [0.05, 0.1) is 6.04 Å². The Balaban J connectivity index is 2.21. The fourth-order valence-corrected chi connectivity index (χ4v) is 1.55. The van der Waals surface area contributed by atoms with Crippen molar-refractivity contribution in [3.63, 3.8) is 0 Å². The Bertz CT molecular complexity index is 340. The summed E-state index contributed by atoms with van der Waals surface area (Å²) >= 11 is 0. The second-order valence-electron chi connectivity index (χ2n) is 4.19. The molecule has 0 aliphatic heterocycles. The number of primary amides is 1. The van der Waals surface area contributed by atoms with E-state index >= 15 is 0 Å². The highest BCUT2D eigenvalue weighted by atomic mass is 16.1. The molecule has 0 spiro atoms. The predicted molar refractivity (Wildman–Crippen MR) is 71.0 cm³/mol. The van der Waals surface area contributed by atoms with Crippen LogP contribution in [-0.4, -0.2) is 32.1 Å². The summed E-state index contributed by atoms with van der Waals surface area (Å²) in [7, 11) is 2.06. The summed E-state index contributed by atoms with van der Waals surface area (Å²) in [5, 5.41) is 3.09. The molecule has 1 aromatic rings. The topological polar surface area (TPSA) is 58.4 Å². The summed E-state index contributed by atoms with van der Waals surface area (Å²) < 4.78 is 0. The summed E-state index contributed by atoms with van der Waals surface area (Å²) in [6, 6.07) is 9.97. The van der Waals surface area contributed by atoms with Gasteiger partial charge in [-0.1, -0.05) is 18.2 Å². The summed E-state index contributed by atoms with van der Waals surface area (Å²) in [6.45, 7) is 3.52. The molecule has 17 heavy (non-hydrogen) atoms. The summed E-state index contributed by atoms with van der Waals surface area (Å²) in [4.78, 5) is 13.0. The maximum Gasteiger partial charge on any atom is 0.234 e. The number of hydrogen-bond donors (Lipinski definition) is 2. The van der Waals surface area contributed by atoms with E-state index in [0.29, 0.717) is 0 Å². The molecule has 0 saturated heterocycles. The van der Waals surface area contributed by atoms with E-state index in [1.54, 1.807) is 6.92 Å². The standard InChI is InChI=1S/C13H21N3O/c1-11(13(14)17)15-9-6-10-16(2)12-7-4-3-5-8-12/h3-5,7-8,11,15H,6,9-10H2,1-2H3,(H2,14,17). The van der Waals surface area contributed by atoms with E-state index in [9.17, 15) is 4.79 Å². The fourth-order valence-electron chi connectivity index (χ4n) is 1.55. The molecular weight excluding hydrogens is 214 g/mol. The maximum absolute atomic E-state index is 10.8. The van der Waals surface area contributed by atoms with Gasteiger partial charge >= 0.3 is 0 Å². The molecule has 0 aromatic heterocycles. The minimum Gasteiger partial charge on any atom is -0.375 e. The van der Waals surface area contributed by atoms with Crippen molar-refractivity contribution >= 4 is 11.6 Å². The van der Waals surface area contributed by atoms with Gasteiger partial charge in [-0.25, -0.2) is 0 Å². The lowest BCUT2D eigenvalue weighted by Gasteiger charge is -2.19. The van der Waals surface area contributed by atoms with E-state index < -0.39 is 0 Å². The Kier molecular flexibility index (Phi) is 5.49. The first-order valence-corrected chi connectivity index (χ1v) is 5.90. The third-order valence-corrected chi connectivity index (χ3v) is 2.74. The van der Waals surface area contributed by atoms with Crippen LogP contribution in [0, 0.1) is 0 Å². The third-order valence-electron chi connectivity index (χ3n) is 2.74. The van der Waals surface area contributed by atoms with Crippen molar-refractivity contribution in [2.75, 3.05) is 25.0 Å². The van der Waals surface area contributed by atoms with Crippen LogP contribution < -0.4 is 16.0 Å². The molecule has 0 bridgehead atoms. The van der Waals surface area contributed by atoms with Gasteiger partial charge in [-0.15, -0.1) is 0 Å². The molecule has 1 atom stereocenters. The van der Waals surface area contributed by atoms with Gasteiger partial charge in [0.15, 0.2) is 0 Å². The average molecular weight is 235 g/mol. The number of hydrogen-bond acceptors (Lipinski definition) is 3. The number of benzene rings is 1. The molecule has 0 heterocycles. The van der Waals surface area contributed by atoms with Crippen LogP contribution >= 0.6 is 0 Å². The molecule has 4 nitrogen and oxygen atoms in total. The van der Waals surface area contributed by atoms with Crippen LogP contribution in [0.1, 0.15) is 13.3 Å². The van der Waals surface area contributed by atoms with E-state index in [4.69, 9.17) is 5.73 Å². The molecule has 1 unspecified atom stereocenters. The van der Waals surface area contributed by atoms with Crippen LogP contribution in [-0.2, 0) is 4.79 Å². The minimum absolute atomic E-state index is 0.253. The van der Waals surface area contributed by atoms with E-state index in [0.717, 1.165) is 19.5 Å². The number of para-hydroxylation sites is 1. The minimum atomic E-state index is -0.304. The van der Waals surface area contributed by atoms with Gasteiger partial charge in [-0.3, -0.25) is 4.79 Å². The third kappa shape index (κ3) is 4.87. The summed E-state index contributed by atoms with van der Waals surface area (Å²) in [6.07, 6.45) is 0.975. The second-order valence-corrected chi connectivity index (χ2v) is 4.19. The van der Waals surface area contributed by atoms with Crippen LogP contribution in [0.2, 0.25) is 0 Å². The predicted octanol–water partition coefficient (Wildman–Crippen LogP) is 0.976. The molecular formula is C13H21N3O. The molecule has 1 rings (SSSR count). The quantitative estimate of drug-likeness (QED) is 0.693. The van der Waals surface area contributed by atoms with Crippen molar-refractivity contribution in [3.8, 4) is 0 Å². The molecule has 94 valence electrons. The van der Waals surface area contributed by atoms with Gasteiger partial charge in [0.1, 0.15) is 0 Å². The van der Waals surface area contributed by atoms with E-state index in [1.807, 2.05) is 18.2 Å². The number of carbonyl (C=O) groups excluding carboxylic acids is 1. The normalized spacial score (nSPS) is 12.1. The summed E-state index contributed by atoms with van der Waals surface area (Å²) in [5.41, 5.74) is 6.36. The molecule has 0 saturated carbocycles. The Morgan fingerprint density at radius 1 is 1.41 bits per heavy atom. The molecule has 3 N–H and O–H groups in total. The number of nitrogens with one attached hydrogen (secondary N) is 1. The Morgan fingerprint density at radius 3 is 2.65 bits per heavy atom. The SMILES string of the molecule is CC(NCCCN(C)c1ccccc1)C(N)=O. The van der Waals surface area contributed by atoms with Gasteiger partial charge in [0, 0.05) is 19.3 Å². The van der Waals surface area contributed by atoms with Gasteiger partial charge < -0.3 is 16.0 Å². The zero-order valence-electron chi connectivity index (χ0n) is 10.5. The monoisotopic (exact) mass is 235 g/mol. The smallest absolute Gasteiger partial charge is 0.234 e. The molecule has 0 radical (unpaired) electrons. The van der Waals surface area contributed by atoms with Crippen molar-refractivity contribution in [1.82, 2.24) is 5.32 Å². The summed E-state index contributed by atoms with van der Waals surface area (Å²) in [5.74, 6) is -0.304. The van der Waals surface area contributed by atoms with Gasteiger partial charge in [0.25, 0.3) is 0 Å². The van der Waals surface area contributed by atoms with Crippen molar-refractivity contribution in [1.29, 1.82) is 0 Å². The van der Waals surface area contributed by atoms with E-state index in [-0.39, 0.29) is 11.9 Å². The molecule has 0 aliphatic carbocycles. The molecule has 1 amide bonds. The molecule has 1 aromatic carbocycles. The van der Waals surface area contributed by atoms with Crippen molar-refractivity contribution < 1.29 is 4.79 Å². The van der Waals surface area contributed by atoms with Gasteiger partial charge in [-0.05, 0) is 32.0 Å². The van der Waals surface area contributed by atoms with Gasteiger partial charge in [-0.2, -0.15) is 0 Å². The molecule has 4 heteroatoms. The highest BCUT2D eigenvalue weighted by molar-refractivity contribution is 5.79. The molecule has 0 aliphatic rings. The Hall–Kier alpha value is -1.55. The van der Waals surface area contributed by atoms with Crippen LogP contribution in [0.25, 0.3) is 0 Å². The number of rotatable bonds is 7. The lowest BCUT2D eigenvalue weighted by molar-refractivity contribution is -0.119. The first-order chi connectivity index (χ1) is 8.11.